The van der Waals surface area contributed by atoms with Gasteiger partial charge >= 0.3 is 0 Å². The zero-order chi connectivity index (χ0) is 10.0. The highest BCUT2D eigenvalue weighted by Crippen LogP contribution is 2.28. The highest BCUT2D eigenvalue weighted by molar-refractivity contribution is 9.10. The quantitative estimate of drug-likeness (QED) is 0.839. The SMILES string of the molecule is Cc1ccc(F)c(C(O)CN)c1Br. The van der Waals surface area contributed by atoms with E-state index in [0.717, 1.165) is 5.56 Å². The number of aliphatic hydroxyl groups is 1. The number of hydrogen-bond donors (Lipinski definition) is 2. The van der Waals surface area contributed by atoms with Crippen molar-refractivity contribution in [1.29, 1.82) is 0 Å². The number of benzene rings is 1. The molecule has 2 nitrogen and oxygen atoms in total. The molecule has 0 radical (unpaired) electrons. The van der Waals surface area contributed by atoms with Crippen LogP contribution in [-0.2, 0) is 0 Å². The Labute approximate surface area is 84.7 Å². The maximum Gasteiger partial charge on any atom is 0.130 e. The summed E-state index contributed by atoms with van der Waals surface area (Å²) in [6, 6.07) is 2.97. The van der Waals surface area contributed by atoms with Crippen LogP contribution in [0, 0.1) is 12.7 Å². The molecule has 0 aromatic heterocycles. The van der Waals surface area contributed by atoms with Crippen LogP contribution in [0.5, 0.6) is 0 Å². The van der Waals surface area contributed by atoms with Gasteiger partial charge in [0.15, 0.2) is 0 Å². The zero-order valence-corrected chi connectivity index (χ0v) is 8.81. The minimum atomic E-state index is -0.950. The van der Waals surface area contributed by atoms with E-state index in [2.05, 4.69) is 15.9 Å². The first-order valence-corrected chi connectivity index (χ1v) is 4.70. The average Bonchev–Trinajstić information content (AvgIpc) is 2.12. The van der Waals surface area contributed by atoms with Crippen LogP contribution < -0.4 is 5.73 Å². The van der Waals surface area contributed by atoms with Crippen molar-refractivity contribution in [3.05, 3.63) is 33.5 Å². The van der Waals surface area contributed by atoms with Crippen molar-refractivity contribution in [1.82, 2.24) is 0 Å². The lowest BCUT2D eigenvalue weighted by molar-refractivity contribution is 0.181. The predicted octanol–water partition coefficient (Wildman–Crippen LogP) is 1.89. The molecule has 0 saturated heterocycles. The van der Waals surface area contributed by atoms with Crippen molar-refractivity contribution in [2.45, 2.75) is 13.0 Å². The number of hydrogen-bond acceptors (Lipinski definition) is 2. The Morgan fingerprint density at radius 3 is 2.77 bits per heavy atom. The third-order valence-corrected chi connectivity index (χ3v) is 2.93. The first kappa shape index (κ1) is 10.6. The number of nitrogens with two attached hydrogens (primary N) is 1. The molecule has 72 valence electrons. The van der Waals surface area contributed by atoms with Crippen molar-refractivity contribution >= 4 is 15.9 Å². The Balaban J connectivity index is 3.25. The van der Waals surface area contributed by atoms with Gasteiger partial charge in [-0.25, -0.2) is 4.39 Å². The normalized spacial score (nSPS) is 13.0. The molecule has 0 spiro atoms. The summed E-state index contributed by atoms with van der Waals surface area (Å²) in [4.78, 5) is 0. The van der Waals surface area contributed by atoms with Gasteiger partial charge in [0.1, 0.15) is 5.82 Å². The van der Waals surface area contributed by atoms with Crippen molar-refractivity contribution in [3.8, 4) is 0 Å². The minimum Gasteiger partial charge on any atom is -0.387 e. The van der Waals surface area contributed by atoms with E-state index in [1.54, 1.807) is 6.07 Å². The Morgan fingerprint density at radius 2 is 2.23 bits per heavy atom. The van der Waals surface area contributed by atoms with Crippen LogP contribution in [0.4, 0.5) is 4.39 Å². The first-order valence-electron chi connectivity index (χ1n) is 3.90. The topological polar surface area (TPSA) is 46.2 Å². The third-order valence-electron chi connectivity index (χ3n) is 1.88. The van der Waals surface area contributed by atoms with Crippen LogP contribution in [-0.4, -0.2) is 11.7 Å². The van der Waals surface area contributed by atoms with Crippen LogP contribution in [0.2, 0.25) is 0 Å². The molecule has 0 aliphatic rings. The fourth-order valence-corrected chi connectivity index (χ4v) is 1.69. The molecule has 0 saturated carbocycles. The van der Waals surface area contributed by atoms with Crippen LogP contribution in [0.25, 0.3) is 0 Å². The van der Waals surface area contributed by atoms with Crippen molar-refractivity contribution < 1.29 is 9.50 Å². The zero-order valence-electron chi connectivity index (χ0n) is 7.22. The molecule has 0 bridgehead atoms. The first-order chi connectivity index (χ1) is 6.07. The molecular weight excluding hydrogens is 237 g/mol. The number of aryl methyl sites for hydroxylation is 1. The smallest absolute Gasteiger partial charge is 0.130 e. The molecule has 1 aromatic rings. The summed E-state index contributed by atoms with van der Waals surface area (Å²) < 4.78 is 13.8. The van der Waals surface area contributed by atoms with Crippen molar-refractivity contribution in [2.75, 3.05) is 6.54 Å². The van der Waals surface area contributed by atoms with E-state index in [-0.39, 0.29) is 12.1 Å². The summed E-state index contributed by atoms with van der Waals surface area (Å²) in [5, 5.41) is 9.42. The number of aliphatic hydroxyl groups excluding tert-OH is 1. The lowest BCUT2D eigenvalue weighted by Crippen LogP contribution is -2.14. The average molecular weight is 248 g/mol. The molecule has 0 aliphatic heterocycles. The van der Waals surface area contributed by atoms with Gasteiger partial charge in [-0.3, -0.25) is 0 Å². The predicted molar refractivity (Wildman–Crippen MR) is 52.9 cm³/mol. The van der Waals surface area contributed by atoms with Crippen LogP contribution in [0.1, 0.15) is 17.2 Å². The fourth-order valence-electron chi connectivity index (χ4n) is 1.10. The Bertz CT molecular complexity index is 317. The Hall–Kier alpha value is -0.450. The standard InChI is InChI=1S/C9H11BrFNO/c1-5-2-3-6(11)8(9(5)10)7(13)4-12/h2-3,7,13H,4,12H2,1H3. The van der Waals surface area contributed by atoms with Gasteiger partial charge in [0, 0.05) is 16.6 Å². The largest absolute Gasteiger partial charge is 0.387 e. The van der Waals surface area contributed by atoms with Crippen molar-refractivity contribution in [3.63, 3.8) is 0 Å². The van der Waals surface area contributed by atoms with E-state index in [4.69, 9.17) is 5.73 Å². The molecular formula is C9H11BrFNO. The van der Waals surface area contributed by atoms with Gasteiger partial charge in [0.2, 0.25) is 0 Å². The maximum atomic E-state index is 13.2. The highest BCUT2D eigenvalue weighted by atomic mass is 79.9. The molecule has 1 unspecified atom stereocenters. The summed E-state index contributed by atoms with van der Waals surface area (Å²) in [6.45, 7) is 1.84. The molecule has 0 fully saturated rings. The van der Waals surface area contributed by atoms with Gasteiger partial charge in [-0.1, -0.05) is 22.0 Å². The van der Waals surface area contributed by atoms with E-state index < -0.39 is 11.9 Å². The van der Waals surface area contributed by atoms with Gasteiger partial charge in [-0.2, -0.15) is 0 Å². The lowest BCUT2D eigenvalue weighted by atomic mass is 10.1. The fraction of sp³-hybridized carbons (Fsp3) is 0.333. The van der Waals surface area contributed by atoms with E-state index in [1.165, 1.54) is 6.07 Å². The second-order valence-electron chi connectivity index (χ2n) is 2.84. The summed E-state index contributed by atoms with van der Waals surface area (Å²) in [5.41, 5.74) is 6.37. The third kappa shape index (κ3) is 2.07. The molecule has 0 amide bonds. The summed E-state index contributed by atoms with van der Waals surface area (Å²) in [6.07, 6.45) is -0.950. The molecule has 4 heteroatoms. The van der Waals surface area contributed by atoms with Gasteiger partial charge in [-0.05, 0) is 18.6 Å². The molecule has 1 rings (SSSR count). The molecule has 0 heterocycles. The van der Waals surface area contributed by atoms with E-state index in [1.807, 2.05) is 6.92 Å². The summed E-state index contributed by atoms with van der Waals surface area (Å²) in [5.74, 6) is -0.435. The maximum absolute atomic E-state index is 13.2. The van der Waals surface area contributed by atoms with E-state index in [0.29, 0.717) is 4.47 Å². The monoisotopic (exact) mass is 247 g/mol. The molecule has 1 atom stereocenters. The van der Waals surface area contributed by atoms with Gasteiger partial charge < -0.3 is 10.8 Å². The van der Waals surface area contributed by atoms with Crippen molar-refractivity contribution in [2.24, 2.45) is 5.73 Å². The second-order valence-corrected chi connectivity index (χ2v) is 3.64. The number of rotatable bonds is 2. The van der Waals surface area contributed by atoms with E-state index in [9.17, 15) is 9.50 Å². The summed E-state index contributed by atoms with van der Waals surface area (Å²) in [7, 11) is 0. The van der Waals surface area contributed by atoms with E-state index >= 15 is 0 Å². The highest BCUT2D eigenvalue weighted by Gasteiger charge is 2.16. The lowest BCUT2D eigenvalue weighted by Gasteiger charge is -2.13. The Morgan fingerprint density at radius 1 is 1.62 bits per heavy atom. The minimum absolute atomic E-state index is 0.0129. The van der Waals surface area contributed by atoms with Gasteiger partial charge in [-0.15, -0.1) is 0 Å². The van der Waals surface area contributed by atoms with Gasteiger partial charge in [0.05, 0.1) is 6.10 Å². The second kappa shape index (κ2) is 4.17. The molecule has 1 aromatic carbocycles. The Kier molecular flexibility index (Phi) is 3.41. The van der Waals surface area contributed by atoms with Crippen LogP contribution in [0.15, 0.2) is 16.6 Å². The molecule has 13 heavy (non-hydrogen) atoms. The summed E-state index contributed by atoms with van der Waals surface area (Å²) >= 11 is 3.22. The molecule has 3 N–H and O–H groups in total. The number of halogens is 2. The molecule has 0 aliphatic carbocycles. The van der Waals surface area contributed by atoms with Crippen LogP contribution >= 0.6 is 15.9 Å². The van der Waals surface area contributed by atoms with Crippen LogP contribution in [0.3, 0.4) is 0 Å². The van der Waals surface area contributed by atoms with Gasteiger partial charge in [0.25, 0.3) is 0 Å².